The molecule has 5 nitrogen and oxygen atoms in total. The first kappa shape index (κ1) is 17.0. The number of hydrogen-bond acceptors (Lipinski definition) is 4. The molecule has 1 aromatic carbocycles. The van der Waals surface area contributed by atoms with Gasteiger partial charge >= 0.3 is 0 Å². The van der Waals surface area contributed by atoms with Crippen LogP contribution in [0.1, 0.15) is 42.3 Å². The fourth-order valence-corrected chi connectivity index (χ4v) is 4.17. The van der Waals surface area contributed by atoms with Crippen LogP contribution in [0.15, 0.2) is 36.5 Å². The number of fused-ring (bicyclic) bond motifs is 1. The van der Waals surface area contributed by atoms with Gasteiger partial charge in [-0.1, -0.05) is 18.2 Å². The first-order chi connectivity index (χ1) is 12.7. The molecule has 5 heteroatoms. The number of aromatic nitrogens is 2. The van der Waals surface area contributed by atoms with Gasteiger partial charge in [0.15, 0.2) is 0 Å². The molecule has 4 rings (SSSR count). The number of nitrogens with zero attached hydrogens (tertiary/aromatic N) is 4. The number of hydrogen-bond donors (Lipinski definition) is 0. The van der Waals surface area contributed by atoms with Gasteiger partial charge in [0.1, 0.15) is 5.82 Å². The Bertz CT molecular complexity index is 791. The summed E-state index contributed by atoms with van der Waals surface area (Å²) in [5, 5.41) is 0. The van der Waals surface area contributed by atoms with E-state index in [1.54, 1.807) is 0 Å². The smallest absolute Gasteiger partial charge is 0.224 e. The lowest BCUT2D eigenvalue weighted by Gasteiger charge is -2.33. The number of para-hydroxylation sites is 1. The average molecular weight is 350 g/mol. The van der Waals surface area contributed by atoms with E-state index >= 15 is 0 Å². The van der Waals surface area contributed by atoms with Gasteiger partial charge in [-0.15, -0.1) is 0 Å². The van der Waals surface area contributed by atoms with E-state index in [0.717, 1.165) is 57.0 Å². The van der Waals surface area contributed by atoms with Crippen molar-refractivity contribution in [3.05, 3.63) is 53.6 Å². The van der Waals surface area contributed by atoms with Gasteiger partial charge in [0.05, 0.1) is 0 Å². The minimum absolute atomic E-state index is 0.268. The summed E-state index contributed by atoms with van der Waals surface area (Å²) in [6, 6.07) is 10.5. The second-order valence-corrected chi connectivity index (χ2v) is 7.32. The number of benzene rings is 1. The molecule has 1 amide bonds. The van der Waals surface area contributed by atoms with Gasteiger partial charge in [0.2, 0.25) is 5.91 Å². The molecule has 1 fully saturated rings. The monoisotopic (exact) mass is 350 g/mol. The zero-order valence-electron chi connectivity index (χ0n) is 15.4. The van der Waals surface area contributed by atoms with Crippen molar-refractivity contribution in [2.45, 2.75) is 38.5 Å². The molecule has 136 valence electrons. The lowest BCUT2D eigenvalue weighted by atomic mass is 9.94. The van der Waals surface area contributed by atoms with Crippen molar-refractivity contribution in [3.8, 4) is 0 Å². The Balaban J connectivity index is 1.35. The van der Waals surface area contributed by atoms with E-state index in [9.17, 15) is 4.79 Å². The summed E-state index contributed by atoms with van der Waals surface area (Å²) in [5.74, 6) is 1.41. The molecule has 0 spiro atoms. The standard InChI is InChI=1S/C21H26N4O/c1-16-22-11-8-19(23-16)18-6-4-12-25(15-18)21(26)10-14-24-13-9-17-5-2-3-7-20(17)24/h2-3,5,7-8,11,18H,4,6,9-10,12-15H2,1H3. The molecule has 0 aliphatic carbocycles. The van der Waals surface area contributed by atoms with Crippen molar-refractivity contribution in [1.82, 2.24) is 14.9 Å². The Kier molecular flexibility index (Phi) is 4.87. The number of anilines is 1. The van der Waals surface area contributed by atoms with Crippen molar-refractivity contribution >= 4 is 11.6 Å². The third-order valence-corrected chi connectivity index (χ3v) is 5.57. The Morgan fingerprint density at radius 3 is 3.00 bits per heavy atom. The highest BCUT2D eigenvalue weighted by Crippen LogP contribution is 2.28. The van der Waals surface area contributed by atoms with Crippen LogP contribution in [-0.4, -0.2) is 47.0 Å². The van der Waals surface area contributed by atoms with Crippen molar-refractivity contribution in [1.29, 1.82) is 0 Å². The molecule has 3 heterocycles. The van der Waals surface area contributed by atoms with Crippen LogP contribution in [-0.2, 0) is 11.2 Å². The molecule has 0 bridgehead atoms. The predicted octanol–water partition coefficient (Wildman–Crippen LogP) is 2.94. The number of carbonyl (C=O) groups is 1. The molecular weight excluding hydrogens is 324 g/mol. The molecule has 2 aliphatic rings. The quantitative estimate of drug-likeness (QED) is 0.851. The SMILES string of the molecule is Cc1nccc(C2CCCN(C(=O)CCN3CCc4ccccc43)C2)n1. The van der Waals surface area contributed by atoms with Gasteiger partial charge in [0.25, 0.3) is 0 Å². The van der Waals surface area contributed by atoms with E-state index in [1.807, 2.05) is 24.1 Å². The lowest BCUT2D eigenvalue weighted by molar-refractivity contribution is -0.132. The predicted molar refractivity (Wildman–Crippen MR) is 102 cm³/mol. The highest BCUT2D eigenvalue weighted by molar-refractivity contribution is 5.77. The summed E-state index contributed by atoms with van der Waals surface area (Å²) in [5.41, 5.74) is 3.77. The fraction of sp³-hybridized carbons (Fsp3) is 0.476. The Hall–Kier alpha value is -2.43. The number of aryl methyl sites for hydroxylation is 1. The summed E-state index contributed by atoms with van der Waals surface area (Å²) in [6.07, 6.45) is 5.64. The Morgan fingerprint density at radius 1 is 1.23 bits per heavy atom. The van der Waals surface area contributed by atoms with Gasteiger partial charge in [-0.05, 0) is 43.9 Å². The summed E-state index contributed by atoms with van der Waals surface area (Å²) in [7, 11) is 0. The van der Waals surface area contributed by atoms with E-state index < -0.39 is 0 Å². The van der Waals surface area contributed by atoms with Crippen molar-refractivity contribution in [2.24, 2.45) is 0 Å². The van der Waals surface area contributed by atoms with Gasteiger partial charge in [-0.2, -0.15) is 0 Å². The van der Waals surface area contributed by atoms with Crippen LogP contribution in [0.25, 0.3) is 0 Å². The van der Waals surface area contributed by atoms with Crippen LogP contribution in [0, 0.1) is 6.92 Å². The first-order valence-electron chi connectivity index (χ1n) is 9.61. The number of likely N-dealkylation sites (tertiary alicyclic amines) is 1. The molecule has 1 atom stereocenters. The fourth-order valence-electron chi connectivity index (χ4n) is 4.17. The van der Waals surface area contributed by atoms with E-state index in [4.69, 9.17) is 0 Å². The van der Waals surface area contributed by atoms with Crippen molar-refractivity contribution in [2.75, 3.05) is 31.1 Å². The van der Waals surface area contributed by atoms with Crippen LogP contribution < -0.4 is 4.90 Å². The van der Waals surface area contributed by atoms with Crippen LogP contribution in [0.3, 0.4) is 0 Å². The molecule has 0 radical (unpaired) electrons. The Labute approximate surface area is 155 Å². The molecule has 1 unspecified atom stereocenters. The third-order valence-electron chi connectivity index (χ3n) is 5.57. The van der Waals surface area contributed by atoms with E-state index in [2.05, 4.69) is 39.1 Å². The molecule has 0 saturated carbocycles. The molecule has 0 N–H and O–H groups in total. The molecule has 1 saturated heterocycles. The van der Waals surface area contributed by atoms with E-state index in [-0.39, 0.29) is 5.91 Å². The third kappa shape index (κ3) is 3.57. The lowest BCUT2D eigenvalue weighted by Crippen LogP contribution is -2.40. The van der Waals surface area contributed by atoms with Gasteiger partial charge in [0, 0.05) is 56.1 Å². The molecule has 26 heavy (non-hydrogen) atoms. The van der Waals surface area contributed by atoms with Crippen LogP contribution >= 0.6 is 0 Å². The Morgan fingerprint density at radius 2 is 2.12 bits per heavy atom. The largest absolute Gasteiger partial charge is 0.370 e. The summed E-state index contributed by atoms with van der Waals surface area (Å²) < 4.78 is 0. The number of piperidine rings is 1. The number of carbonyl (C=O) groups excluding carboxylic acids is 1. The first-order valence-corrected chi connectivity index (χ1v) is 9.61. The highest BCUT2D eigenvalue weighted by atomic mass is 16.2. The molecular formula is C21H26N4O. The maximum Gasteiger partial charge on any atom is 0.224 e. The van der Waals surface area contributed by atoms with Gasteiger partial charge < -0.3 is 9.80 Å². The summed E-state index contributed by atoms with van der Waals surface area (Å²) in [4.78, 5) is 25.9. The minimum atomic E-state index is 0.268. The van der Waals surface area contributed by atoms with Crippen molar-refractivity contribution in [3.63, 3.8) is 0 Å². The zero-order valence-corrected chi connectivity index (χ0v) is 15.4. The average Bonchev–Trinajstić information content (AvgIpc) is 3.09. The summed E-state index contributed by atoms with van der Waals surface area (Å²) in [6.45, 7) is 5.41. The van der Waals surface area contributed by atoms with E-state index in [1.165, 1.54) is 11.3 Å². The van der Waals surface area contributed by atoms with Crippen LogP contribution in [0.2, 0.25) is 0 Å². The van der Waals surface area contributed by atoms with Crippen LogP contribution in [0.4, 0.5) is 5.69 Å². The normalized spacial score (nSPS) is 19.5. The topological polar surface area (TPSA) is 49.3 Å². The second-order valence-electron chi connectivity index (χ2n) is 7.32. The van der Waals surface area contributed by atoms with E-state index in [0.29, 0.717) is 12.3 Å². The maximum atomic E-state index is 12.8. The van der Waals surface area contributed by atoms with Crippen LogP contribution in [0.5, 0.6) is 0 Å². The minimum Gasteiger partial charge on any atom is -0.370 e. The number of amides is 1. The molecule has 1 aromatic heterocycles. The number of rotatable bonds is 4. The van der Waals surface area contributed by atoms with Crippen molar-refractivity contribution < 1.29 is 4.79 Å². The summed E-state index contributed by atoms with van der Waals surface area (Å²) >= 11 is 0. The van der Waals surface area contributed by atoms with Gasteiger partial charge in [-0.25, -0.2) is 9.97 Å². The van der Waals surface area contributed by atoms with Gasteiger partial charge in [-0.3, -0.25) is 4.79 Å². The molecule has 2 aromatic rings. The second kappa shape index (κ2) is 7.44. The molecule has 2 aliphatic heterocycles. The highest BCUT2D eigenvalue weighted by Gasteiger charge is 2.26. The zero-order chi connectivity index (χ0) is 17.9. The maximum absolute atomic E-state index is 12.8.